The number of hydrogen-bond donors (Lipinski definition) is 4. The quantitative estimate of drug-likeness (QED) is 0.602. The van der Waals surface area contributed by atoms with Gasteiger partial charge < -0.3 is 20.4 Å². The molecule has 0 saturated carbocycles. The van der Waals surface area contributed by atoms with Crippen molar-refractivity contribution in [1.29, 1.82) is 0 Å². The van der Waals surface area contributed by atoms with E-state index >= 15 is 0 Å². The molecule has 3 atom stereocenters. The minimum absolute atomic E-state index is 0.0546. The van der Waals surface area contributed by atoms with E-state index in [2.05, 4.69) is 0 Å². The van der Waals surface area contributed by atoms with E-state index in [1.165, 1.54) is 6.07 Å². The molecule has 0 amide bonds. The Hall–Kier alpha value is -2.70. The molecule has 0 aromatic heterocycles. The third kappa shape index (κ3) is 2.64. The second-order valence-electron chi connectivity index (χ2n) is 7.82. The number of hydrogen-bond acceptors (Lipinski definition) is 6. The van der Waals surface area contributed by atoms with Crippen LogP contribution in [0.1, 0.15) is 85.9 Å². The van der Waals surface area contributed by atoms with Crippen LogP contribution >= 0.6 is 0 Å². The van der Waals surface area contributed by atoms with E-state index in [1.54, 1.807) is 26.0 Å². The predicted molar refractivity (Wildman–Crippen MR) is 101 cm³/mol. The van der Waals surface area contributed by atoms with Gasteiger partial charge in [0.25, 0.3) is 0 Å². The van der Waals surface area contributed by atoms with Crippen molar-refractivity contribution in [2.45, 2.75) is 51.2 Å². The standard InChI is InChI=1S/C22H22O6/c1-9-5-11-16(25)8-13(21(27)20(11)17(26)6-9)18-10(2)7-12-14(23)3-4-15(24)19(12)22(18)28/h5-7,13-14,21,23,26-28H,3-4,8H2,1-2H3/t13-,14+,21+/m1/s1. The highest BCUT2D eigenvalue weighted by Gasteiger charge is 2.40. The summed E-state index contributed by atoms with van der Waals surface area (Å²) in [5.41, 5.74) is 2.48. The topological polar surface area (TPSA) is 115 Å². The van der Waals surface area contributed by atoms with Gasteiger partial charge >= 0.3 is 0 Å². The number of phenolic OH excluding ortho intramolecular Hbond substituents is 2. The van der Waals surface area contributed by atoms with Gasteiger partial charge in [-0.1, -0.05) is 6.07 Å². The summed E-state index contributed by atoms with van der Waals surface area (Å²) in [6, 6.07) is 4.77. The molecule has 2 aromatic rings. The van der Waals surface area contributed by atoms with E-state index in [-0.39, 0.29) is 52.6 Å². The summed E-state index contributed by atoms with van der Waals surface area (Å²) < 4.78 is 0. The maximum absolute atomic E-state index is 12.7. The Balaban J connectivity index is 1.90. The van der Waals surface area contributed by atoms with Crippen molar-refractivity contribution in [3.05, 3.63) is 57.1 Å². The number of Topliss-reactive ketones (excluding diaryl/α,β-unsaturated/α-hetero) is 2. The predicted octanol–water partition coefficient (Wildman–Crippen LogP) is 3.13. The zero-order valence-corrected chi connectivity index (χ0v) is 15.7. The number of phenols is 2. The second kappa shape index (κ2) is 6.43. The summed E-state index contributed by atoms with van der Waals surface area (Å²) in [5, 5.41) is 42.4. The molecule has 0 heterocycles. The number of benzene rings is 2. The Morgan fingerprint density at radius 3 is 2.39 bits per heavy atom. The Kier molecular flexibility index (Phi) is 4.28. The Morgan fingerprint density at radius 2 is 1.68 bits per heavy atom. The summed E-state index contributed by atoms with van der Waals surface area (Å²) in [4.78, 5) is 25.1. The number of aliphatic hydroxyl groups excluding tert-OH is 2. The van der Waals surface area contributed by atoms with Crippen molar-refractivity contribution >= 4 is 11.6 Å². The number of fused-ring (bicyclic) bond motifs is 2. The van der Waals surface area contributed by atoms with Crippen molar-refractivity contribution in [3.63, 3.8) is 0 Å². The van der Waals surface area contributed by atoms with Gasteiger partial charge in [-0.3, -0.25) is 9.59 Å². The van der Waals surface area contributed by atoms with Gasteiger partial charge in [-0.2, -0.15) is 0 Å². The number of ketones is 2. The van der Waals surface area contributed by atoms with E-state index in [0.717, 1.165) is 0 Å². The first-order valence-electron chi connectivity index (χ1n) is 9.33. The van der Waals surface area contributed by atoms with Crippen LogP contribution in [0.15, 0.2) is 18.2 Å². The highest BCUT2D eigenvalue weighted by Crippen LogP contribution is 2.50. The lowest BCUT2D eigenvalue weighted by Crippen LogP contribution is -2.26. The molecule has 0 fully saturated rings. The van der Waals surface area contributed by atoms with Crippen LogP contribution in [0.3, 0.4) is 0 Å². The monoisotopic (exact) mass is 382 g/mol. The molecule has 4 rings (SSSR count). The van der Waals surface area contributed by atoms with Crippen LogP contribution in [0.2, 0.25) is 0 Å². The Morgan fingerprint density at radius 1 is 0.964 bits per heavy atom. The molecule has 0 aliphatic heterocycles. The summed E-state index contributed by atoms with van der Waals surface area (Å²) in [7, 11) is 0. The zero-order valence-electron chi connectivity index (χ0n) is 15.7. The molecule has 146 valence electrons. The average molecular weight is 382 g/mol. The Bertz CT molecular complexity index is 1020. The minimum Gasteiger partial charge on any atom is -0.508 e. The van der Waals surface area contributed by atoms with E-state index < -0.39 is 18.1 Å². The first-order chi connectivity index (χ1) is 13.2. The van der Waals surface area contributed by atoms with Gasteiger partial charge in [0, 0.05) is 35.4 Å². The molecule has 6 nitrogen and oxygen atoms in total. The van der Waals surface area contributed by atoms with Crippen molar-refractivity contribution in [2.75, 3.05) is 0 Å². The second-order valence-corrected chi connectivity index (χ2v) is 7.82. The van der Waals surface area contributed by atoms with E-state index in [9.17, 15) is 30.0 Å². The van der Waals surface area contributed by atoms with Crippen LogP contribution in [-0.4, -0.2) is 32.0 Å². The number of aryl methyl sites for hydroxylation is 2. The normalized spacial score (nSPS) is 24.1. The number of rotatable bonds is 1. The van der Waals surface area contributed by atoms with Gasteiger partial charge in [-0.05, 0) is 49.1 Å². The maximum Gasteiger partial charge on any atom is 0.167 e. The highest BCUT2D eigenvalue weighted by atomic mass is 16.3. The fourth-order valence-electron chi connectivity index (χ4n) is 4.62. The smallest absolute Gasteiger partial charge is 0.167 e. The van der Waals surface area contributed by atoms with E-state index in [0.29, 0.717) is 28.7 Å². The molecule has 0 spiro atoms. The van der Waals surface area contributed by atoms with Crippen LogP contribution in [0.25, 0.3) is 0 Å². The molecule has 0 radical (unpaired) electrons. The van der Waals surface area contributed by atoms with Gasteiger partial charge in [-0.15, -0.1) is 0 Å². The molecule has 0 bridgehead atoms. The van der Waals surface area contributed by atoms with Crippen molar-refractivity contribution in [2.24, 2.45) is 0 Å². The van der Waals surface area contributed by atoms with E-state index in [4.69, 9.17) is 0 Å². The fraction of sp³-hybridized carbons (Fsp3) is 0.364. The molecule has 6 heteroatoms. The van der Waals surface area contributed by atoms with Crippen LogP contribution < -0.4 is 0 Å². The Labute approximate surface area is 162 Å². The molecule has 2 aliphatic rings. The van der Waals surface area contributed by atoms with Gasteiger partial charge in [0.2, 0.25) is 0 Å². The number of aliphatic hydroxyl groups is 2. The van der Waals surface area contributed by atoms with E-state index in [1.807, 2.05) is 0 Å². The van der Waals surface area contributed by atoms with Crippen LogP contribution in [0.4, 0.5) is 0 Å². The number of carbonyl (C=O) groups excluding carboxylic acids is 2. The molecule has 2 aromatic carbocycles. The first kappa shape index (κ1) is 18.7. The van der Waals surface area contributed by atoms with Crippen molar-refractivity contribution in [3.8, 4) is 11.5 Å². The SMILES string of the molecule is Cc1cc(O)c2c(c1)C(=O)C[C@H](c1c(C)cc3c(c1O)C(=O)CC[C@@H]3O)[C@@H]2O. The van der Waals surface area contributed by atoms with Crippen LogP contribution in [0, 0.1) is 13.8 Å². The third-order valence-corrected chi connectivity index (χ3v) is 5.92. The summed E-state index contributed by atoms with van der Waals surface area (Å²) in [6.45, 7) is 3.46. The fourth-order valence-corrected chi connectivity index (χ4v) is 4.62. The lowest BCUT2D eigenvalue weighted by atomic mass is 9.73. The third-order valence-electron chi connectivity index (χ3n) is 5.92. The molecule has 0 unspecified atom stereocenters. The number of aromatic hydroxyl groups is 2. The summed E-state index contributed by atoms with van der Waals surface area (Å²) >= 11 is 0. The van der Waals surface area contributed by atoms with Gasteiger partial charge in [0.15, 0.2) is 11.6 Å². The average Bonchev–Trinajstić information content (AvgIpc) is 2.61. The van der Waals surface area contributed by atoms with Gasteiger partial charge in [0.05, 0.1) is 17.8 Å². The van der Waals surface area contributed by atoms with Crippen LogP contribution in [-0.2, 0) is 0 Å². The minimum atomic E-state index is -1.21. The molecular weight excluding hydrogens is 360 g/mol. The molecular formula is C22H22O6. The molecule has 28 heavy (non-hydrogen) atoms. The van der Waals surface area contributed by atoms with Crippen LogP contribution in [0.5, 0.6) is 11.5 Å². The lowest BCUT2D eigenvalue weighted by Gasteiger charge is -2.33. The molecule has 4 N–H and O–H groups in total. The van der Waals surface area contributed by atoms with Crippen molar-refractivity contribution in [1.82, 2.24) is 0 Å². The number of carbonyl (C=O) groups is 2. The highest BCUT2D eigenvalue weighted by molar-refractivity contribution is 6.03. The molecule has 0 saturated heterocycles. The summed E-state index contributed by atoms with van der Waals surface area (Å²) in [6.07, 6.45) is -1.67. The first-order valence-corrected chi connectivity index (χ1v) is 9.33. The van der Waals surface area contributed by atoms with Crippen molar-refractivity contribution < 1.29 is 30.0 Å². The molecule has 2 aliphatic carbocycles. The summed E-state index contributed by atoms with van der Waals surface area (Å²) in [5.74, 6) is -1.76. The van der Waals surface area contributed by atoms with Gasteiger partial charge in [0.1, 0.15) is 11.5 Å². The zero-order chi connectivity index (χ0) is 20.3. The largest absolute Gasteiger partial charge is 0.508 e. The lowest BCUT2D eigenvalue weighted by molar-refractivity contribution is 0.0831. The van der Waals surface area contributed by atoms with Gasteiger partial charge in [-0.25, -0.2) is 0 Å². The maximum atomic E-state index is 12.7.